The summed E-state index contributed by atoms with van der Waals surface area (Å²) in [6.07, 6.45) is 0.993. The van der Waals surface area contributed by atoms with Crippen LogP contribution in [0.15, 0.2) is 0 Å². The van der Waals surface area contributed by atoms with Crippen LogP contribution in [0.2, 0.25) is 0 Å². The van der Waals surface area contributed by atoms with Crippen LogP contribution in [-0.2, 0) is 4.74 Å². The zero-order chi connectivity index (χ0) is 11.2. The Balaban J connectivity index is 3.85. The third-order valence-corrected chi connectivity index (χ3v) is 2.90. The van der Waals surface area contributed by atoms with Gasteiger partial charge >= 0.3 is 0 Å². The molecule has 0 aromatic heterocycles. The van der Waals surface area contributed by atoms with Crippen LogP contribution in [0.25, 0.3) is 0 Å². The molecule has 0 aliphatic carbocycles. The van der Waals surface area contributed by atoms with Gasteiger partial charge in [-0.1, -0.05) is 20.3 Å². The van der Waals surface area contributed by atoms with Crippen LogP contribution in [0.4, 0.5) is 0 Å². The van der Waals surface area contributed by atoms with Crippen molar-refractivity contribution < 1.29 is 9.84 Å². The summed E-state index contributed by atoms with van der Waals surface area (Å²) in [6, 6.07) is 0.288. The van der Waals surface area contributed by atoms with Crippen molar-refractivity contribution in [2.45, 2.75) is 45.8 Å². The van der Waals surface area contributed by atoms with Gasteiger partial charge in [-0.05, 0) is 19.8 Å². The van der Waals surface area contributed by atoms with E-state index >= 15 is 0 Å². The van der Waals surface area contributed by atoms with E-state index in [-0.39, 0.29) is 6.04 Å². The van der Waals surface area contributed by atoms with Gasteiger partial charge in [-0.3, -0.25) is 0 Å². The molecule has 0 aliphatic rings. The van der Waals surface area contributed by atoms with E-state index in [2.05, 4.69) is 26.1 Å². The molecule has 0 bridgehead atoms. The van der Waals surface area contributed by atoms with Gasteiger partial charge in [0, 0.05) is 19.7 Å². The molecule has 0 radical (unpaired) electrons. The molecule has 3 heteroatoms. The second kappa shape index (κ2) is 6.38. The van der Waals surface area contributed by atoms with Gasteiger partial charge in [0.1, 0.15) is 0 Å². The quantitative estimate of drug-likeness (QED) is 0.657. The number of hydrogen-bond donors (Lipinski definition) is 2. The molecular formula is C11H25NO2. The Bertz CT molecular complexity index is 148. The topological polar surface area (TPSA) is 41.5 Å². The Kier molecular flexibility index (Phi) is 6.33. The Morgan fingerprint density at radius 1 is 1.43 bits per heavy atom. The lowest BCUT2D eigenvalue weighted by Crippen LogP contribution is -2.46. The van der Waals surface area contributed by atoms with Gasteiger partial charge in [-0.15, -0.1) is 0 Å². The Morgan fingerprint density at radius 2 is 2.00 bits per heavy atom. The minimum Gasteiger partial charge on any atom is -0.389 e. The molecule has 0 saturated carbocycles. The third-order valence-electron chi connectivity index (χ3n) is 2.90. The summed E-state index contributed by atoms with van der Waals surface area (Å²) < 4.78 is 5.01. The average Bonchev–Trinajstić information content (AvgIpc) is 2.14. The minimum atomic E-state index is -0.628. The van der Waals surface area contributed by atoms with Crippen molar-refractivity contribution in [2.75, 3.05) is 20.3 Å². The first-order chi connectivity index (χ1) is 6.44. The average molecular weight is 203 g/mol. The largest absolute Gasteiger partial charge is 0.389 e. The van der Waals surface area contributed by atoms with Crippen LogP contribution in [-0.4, -0.2) is 37.0 Å². The lowest BCUT2D eigenvalue weighted by Gasteiger charge is -2.31. The first kappa shape index (κ1) is 13.9. The molecule has 3 atom stereocenters. The minimum absolute atomic E-state index is 0.288. The highest BCUT2D eigenvalue weighted by Crippen LogP contribution is 2.18. The summed E-state index contributed by atoms with van der Waals surface area (Å²) in [4.78, 5) is 0. The Morgan fingerprint density at radius 3 is 2.43 bits per heavy atom. The van der Waals surface area contributed by atoms with Crippen molar-refractivity contribution in [1.82, 2.24) is 5.32 Å². The molecule has 0 aliphatic heterocycles. The van der Waals surface area contributed by atoms with Gasteiger partial charge in [0.25, 0.3) is 0 Å². The molecular weight excluding hydrogens is 178 g/mol. The van der Waals surface area contributed by atoms with E-state index in [1.54, 1.807) is 7.11 Å². The Labute approximate surface area is 87.8 Å². The van der Waals surface area contributed by atoms with Gasteiger partial charge < -0.3 is 15.2 Å². The highest BCUT2D eigenvalue weighted by atomic mass is 16.5. The molecule has 0 saturated heterocycles. The molecule has 0 aromatic rings. The van der Waals surface area contributed by atoms with Gasteiger partial charge in [0.2, 0.25) is 0 Å². The van der Waals surface area contributed by atoms with Crippen LogP contribution in [0.5, 0.6) is 0 Å². The van der Waals surface area contributed by atoms with Crippen LogP contribution >= 0.6 is 0 Å². The maximum absolute atomic E-state index is 10.1. The summed E-state index contributed by atoms with van der Waals surface area (Å²) in [5, 5.41) is 13.4. The molecule has 0 rings (SSSR count). The number of rotatable bonds is 7. The lowest BCUT2D eigenvalue weighted by atomic mass is 9.88. The van der Waals surface area contributed by atoms with E-state index in [0.29, 0.717) is 19.1 Å². The molecule has 86 valence electrons. The van der Waals surface area contributed by atoms with Crippen molar-refractivity contribution in [3.8, 4) is 0 Å². The number of methoxy groups -OCH3 is 1. The summed E-state index contributed by atoms with van der Waals surface area (Å²) in [5.41, 5.74) is -0.628. The number of nitrogens with one attached hydrogen (secondary N) is 1. The van der Waals surface area contributed by atoms with Crippen molar-refractivity contribution >= 4 is 0 Å². The fourth-order valence-corrected chi connectivity index (χ4v) is 1.30. The molecule has 3 unspecified atom stereocenters. The van der Waals surface area contributed by atoms with E-state index in [1.807, 2.05) is 6.92 Å². The second-order valence-electron chi connectivity index (χ2n) is 4.40. The smallest absolute Gasteiger partial charge is 0.0768 e. The number of aliphatic hydroxyl groups is 1. The second-order valence-corrected chi connectivity index (χ2v) is 4.40. The van der Waals surface area contributed by atoms with E-state index in [9.17, 15) is 5.11 Å². The fraction of sp³-hybridized carbons (Fsp3) is 1.00. The van der Waals surface area contributed by atoms with E-state index in [0.717, 1.165) is 6.42 Å². The normalized spacial score (nSPS) is 20.1. The van der Waals surface area contributed by atoms with Gasteiger partial charge in [-0.2, -0.15) is 0 Å². The van der Waals surface area contributed by atoms with Crippen LogP contribution in [0.3, 0.4) is 0 Å². The number of ether oxygens (including phenoxy) is 1. The summed E-state index contributed by atoms with van der Waals surface area (Å²) >= 11 is 0. The van der Waals surface area contributed by atoms with Gasteiger partial charge in [0.05, 0.1) is 12.2 Å². The fourth-order valence-electron chi connectivity index (χ4n) is 1.30. The molecule has 3 nitrogen and oxygen atoms in total. The molecule has 14 heavy (non-hydrogen) atoms. The van der Waals surface area contributed by atoms with Crippen LogP contribution in [0, 0.1) is 5.92 Å². The zero-order valence-electron chi connectivity index (χ0n) is 10.1. The van der Waals surface area contributed by atoms with Crippen LogP contribution in [0.1, 0.15) is 34.1 Å². The molecule has 0 spiro atoms. The van der Waals surface area contributed by atoms with E-state index < -0.39 is 5.60 Å². The number of hydrogen-bond acceptors (Lipinski definition) is 3. The summed E-state index contributed by atoms with van der Waals surface area (Å²) in [7, 11) is 1.69. The van der Waals surface area contributed by atoms with Crippen molar-refractivity contribution in [2.24, 2.45) is 5.92 Å². The lowest BCUT2D eigenvalue weighted by molar-refractivity contribution is 0.00152. The Hall–Kier alpha value is -0.120. The SMILES string of the molecule is CCC(C)C(C)(O)CNC(C)COC. The van der Waals surface area contributed by atoms with Crippen LogP contribution < -0.4 is 5.32 Å². The monoisotopic (exact) mass is 203 g/mol. The maximum atomic E-state index is 10.1. The third kappa shape index (κ3) is 4.94. The maximum Gasteiger partial charge on any atom is 0.0768 e. The van der Waals surface area contributed by atoms with Gasteiger partial charge in [0.15, 0.2) is 0 Å². The highest BCUT2D eigenvalue weighted by molar-refractivity contribution is 4.81. The predicted octanol–water partition coefficient (Wildman–Crippen LogP) is 1.41. The molecule has 0 aromatic carbocycles. The van der Waals surface area contributed by atoms with E-state index in [1.165, 1.54) is 0 Å². The van der Waals surface area contributed by atoms with Gasteiger partial charge in [-0.25, -0.2) is 0 Å². The summed E-state index contributed by atoms with van der Waals surface area (Å²) in [6.45, 7) is 9.40. The first-order valence-electron chi connectivity index (χ1n) is 5.38. The standard InChI is InChI=1S/C11H25NO2/c1-6-9(2)11(4,13)8-12-10(3)7-14-5/h9-10,12-13H,6-8H2,1-5H3. The highest BCUT2D eigenvalue weighted by Gasteiger charge is 2.26. The van der Waals surface area contributed by atoms with Crippen molar-refractivity contribution in [1.29, 1.82) is 0 Å². The zero-order valence-corrected chi connectivity index (χ0v) is 10.1. The van der Waals surface area contributed by atoms with Crippen molar-refractivity contribution in [3.63, 3.8) is 0 Å². The van der Waals surface area contributed by atoms with E-state index in [4.69, 9.17) is 4.74 Å². The predicted molar refractivity (Wildman–Crippen MR) is 59.4 cm³/mol. The molecule has 0 fully saturated rings. The summed E-state index contributed by atoms with van der Waals surface area (Å²) in [5.74, 6) is 0.310. The molecule has 0 amide bonds. The molecule has 2 N–H and O–H groups in total. The molecule has 0 heterocycles. The van der Waals surface area contributed by atoms with Crippen molar-refractivity contribution in [3.05, 3.63) is 0 Å². The first-order valence-corrected chi connectivity index (χ1v) is 5.38.